The Bertz CT molecular complexity index is 144. The van der Waals surface area contributed by atoms with E-state index in [-0.39, 0.29) is 5.88 Å². The van der Waals surface area contributed by atoms with Gasteiger partial charge in [0, 0.05) is 0 Å². The van der Waals surface area contributed by atoms with Gasteiger partial charge in [-0.1, -0.05) is 32.1 Å². The van der Waals surface area contributed by atoms with Gasteiger partial charge in [0.2, 0.25) is 0 Å². The average Bonchev–Trinajstić information content (AvgIpc) is 2.26. The van der Waals surface area contributed by atoms with Gasteiger partial charge in [0.15, 0.2) is 0 Å². The van der Waals surface area contributed by atoms with Crippen molar-refractivity contribution in [3.8, 4) is 0 Å². The van der Waals surface area contributed by atoms with Crippen molar-refractivity contribution in [1.29, 1.82) is 0 Å². The van der Waals surface area contributed by atoms with Crippen LogP contribution in [0.15, 0.2) is 0 Å². The first kappa shape index (κ1) is 12.3. The van der Waals surface area contributed by atoms with Crippen molar-refractivity contribution in [2.45, 2.75) is 57.2 Å². The van der Waals surface area contributed by atoms with Crippen LogP contribution in [0.2, 0.25) is 0 Å². The lowest BCUT2D eigenvalue weighted by Crippen LogP contribution is -2.28. The first-order chi connectivity index (χ1) is 6.74. The van der Waals surface area contributed by atoms with Crippen molar-refractivity contribution in [2.75, 3.05) is 5.88 Å². The van der Waals surface area contributed by atoms with Crippen molar-refractivity contribution in [3.05, 3.63) is 0 Å². The predicted molar refractivity (Wildman–Crippen MR) is 58.5 cm³/mol. The molecule has 1 aliphatic rings. The molecule has 0 unspecified atom stereocenters. The second kappa shape index (κ2) is 6.65. The first-order valence-electron chi connectivity index (χ1n) is 5.66. The molecule has 0 bridgehead atoms. The third kappa shape index (κ3) is 4.16. The summed E-state index contributed by atoms with van der Waals surface area (Å²) in [5.41, 5.74) is 0. The molecule has 14 heavy (non-hydrogen) atoms. The highest BCUT2D eigenvalue weighted by Gasteiger charge is 2.18. The molecule has 0 amide bonds. The molecule has 1 aliphatic carbocycles. The van der Waals surface area contributed by atoms with Crippen molar-refractivity contribution in [3.63, 3.8) is 0 Å². The van der Waals surface area contributed by atoms with Crippen LogP contribution in [0.3, 0.4) is 0 Å². The Hall–Kier alpha value is 0.210. The minimum Gasteiger partial charge on any atom is -0.390 e. The lowest BCUT2D eigenvalue weighted by Gasteiger charge is -2.23. The average molecular weight is 221 g/mol. The monoisotopic (exact) mass is 220 g/mol. The molecule has 0 radical (unpaired) electrons. The molecule has 2 atom stereocenters. The fourth-order valence-electron chi connectivity index (χ4n) is 2.18. The summed E-state index contributed by atoms with van der Waals surface area (Å²) in [6, 6.07) is 0. The van der Waals surface area contributed by atoms with Crippen molar-refractivity contribution in [2.24, 2.45) is 5.92 Å². The Morgan fingerprint density at radius 1 is 1.07 bits per heavy atom. The van der Waals surface area contributed by atoms with Crippen molar-refractivity contribution in [1.82, 2.24) is 0 Å². The lowest BCUT2D eigenvalue weighted by molar-refractivity contribution is 0.0233. The number of halogens is 1. The normalized spacial score (nSPS) is 23.4. The van der Waals surface area contributed by atoms with Crippen LogP contribution in [-0.2, 0) is 0 Å². The van der Waals surface area contributed by atoms with Gasteiger partial charge in [0.05, 0.1) is 18.1 Å². The Labute approximate surface area is 91.3 Å². The van der Waals surface area contributed by atoms with E-state index in [1.807, 2.05) is 0 Å². The SMILES string of the molecule is O[C@@H](CCl)[C@@H](O)CCC1CCCCC1. The lowest BCUT2D eigenvalue weighted by atomic mass is 9.85. The molecule has 1 fully saturated rings. The molecule has 84 valence electrons. The molecule has 0 aromatic rings. The van der Waals surface area contributed by atoms with Gasteiger partial charge in [-0.15, -0.1) is 11.6 Å². The molecule has 0 aliphatic heterocycles. The van der Waals surface area contributed by atoms with Gasteiger partial charge in [-0.05, 0) is 18.8 Å². The quantitative estimate of drug-likeness (QED) is 0.699. The Balaban J connectivity index is 2.12. The van der Waals surface area contributed by atoms with E-state index >= 15 is 0 Å². The summed E-state index contributed by atoms with van der Waals surface area (Å²) in [6.07, 6.45) is 6.97. The van der Waals surface area contributed by atoms with Gasteiger partial charge in [-0.2, -0.15) is 0 Å². The highest BCUT2D eigenvalue weighted by Crippen LogP contribution is 2.28. The number of aliphatic hydroxyl groups excluding tert-OH is 2. The highest BCUT2D eigenvalue weighted by molar-refractivity contribution is 6.18. The standard InChI is InChI=1S/C11H21ClO2/c12-8-11(14)10(13)7-6-9-4-2-1-3-5-9/h9-11,13-14H,1-8H2/t10-,11-/m0/s1. The number of hydrogen-bond acceptors (Lipinski definition) is 2. The fraction of sp³-hybridized carbons (Fsp3) is 1.00. The maximum Gasteiger partial charge on any atom is 0.0933 e. The Kier molecular flexibility index (Phi) is 5.83. The van der Waals surface area contributed by atoms with Gasteiger partial charge < -0.3 is 10.2 Å². The van der Waals surface area contributed by atoms with Crippen LogP contribution < -0.4 is 0 Å². The molecule has 1 rings (SSSR count). The van der Waals surface area contributed by atoms with Crippen molar-refractivity contribution >= 4 is 11.6 Å². The molecule has 0 aromatic carbocycles. The van der Waals surface area contributed by atoms with E-state index in [1.165, 1.54) is 32.1 Å². The molecular weight excluding hydrogens is 200 g/mol. The van der Waals surface area contributed by atoms with E-state index in [4.69, 9.17) is 11.6 Å². The topological polar surface area (TPSA) is 40.5 Å². The van der Waals surface area contributed by atoms with E-state index in [2.05, 4.69) is 0 Å². The zero-order valence-electron chi connectivity index (χ0n) is 8.66. The second-order valence-corrected chi connectivity index (χ2v) is 4.68. The minimum atomic E-state index is -0.750. The first-order valence-corrected chi connectivity index (χ1v) is 6.19. The predicted octanol–water partition coefficient (Wildman–Crippen LogP) is 2.31. The van der Waals surface area contributed by atoms with Gasteiger partial charge in [0.1, 0.15) is 0 Å². The fourth-order valence-corrected chi connectivity index (χ4v) is 2.38. The molecule has 3 heteroatoms. The van der Waals surface area contributed by atoms with E-state index in [1.54, 1.807) is 0 Å². The van der Waals surface area contributed by atoms with Crippen molar-refractivity contribution < 1.29 is 10.2 Å². The Morgan fingerprint density at radius 2 is 1.71 bits per heavy atom. The molecule has 2 N–H and O–H groups in total. The minimum absolute atomic E-state index is 0.131. The van der Waals surface area contributed by atoms with E-state index in [9.17, 15) is 10.2 Å². The van der Waals surface area contributed by atoms with E-state index in [0.29, 0.717) is 6.42 Å². The molecule has 2 nitrogen and oxygen atoms in total. The summed E-state index contributed by atoms with van der Waals surface area (Å²) in [5.74, 6) is 0.896. The third-order valence-corrected chi connectivity index (χ3v) is 3.51. The maximum atomic E-state index is 9.51. The molecular formula is C11H21ClO2. The van der Waals surface area contributed by atoms with Gasteiger partial charge in [-0.3, -0.25) is 0 Å². The van der Waals surface area contributed by atoms with Gasteiger partial charge in [0.25, 0.3) is 0 Å². The number of aliphatic hydroxyl groups is 2. The summed E-state index contributed by atoms with van der Waals surface area (Å²) in [7, 11) is 0. The summed E-state index contributed by atoms with van der Waals surface area (Å²) in [5, 5.41) is 18.8. The van der Waals surface area contributed by atoms with Crippen LogP contribution in [0.1, 0.15) is 44.9 Å². The van der Waals surface area contributed by atoms with E-state index < -0.39 is 12.2 Å². The zero-order chi connectivity index (χ0) is 10.4. The highest BCUT2D eigenvalue weighted by atomic mass is 35.5. The van der Waals surface area contributed by atoms with Crippen LogP contribution >= 0.6 is 11.6 Å². The van der Waals surface area contributed by atoms with Crippen LogP contribution in [0.25, 0.3) is 0 Å². The number of hydrogen-bond donors (Lipinski definition) is 2. The van der Waals surface area contributed by atoms with Crippen LogP contribution in [0.4, 0.5) is 0 Å². The summed E-state index contributed by atoms with van der Waals surface area (Å²) < 4.78 is 0. The smallest absolute Gasteiger partial charge is 0.0933 e. The molecule has 0 spiro atoms. The Morgan fingerprint density at radius 3 is 2.29 bits per heavy atom. The van der Waals surface area contributed by atoms with Crippen LogP contribution in [-0.4, -0.2) is 28.3 Å². The van der Waals surface area contributed by atoms with Gasteiger partial charge in [-0.25, -0.2) is 0 Å². The van der Waals surface area contributed by atoms with Gasteiger partial charge >= 0.3 is 0 Å². The summed E-state index contributed by atoms with van der Waals surface area (Å²) in [6.45, 7) is 0. The largest absolute Gasteiger partial charge is 0.390 e. The second-order valence-electron chi connectivity index (χ2n) is 4.37. The molecule has 1 saturated carbocycles. The summed E-state index contributed by atoms with van der Waals surface area (Å²) >= 11 is 5.46. The number of rotatable bonds is 5. The number of alkyl halides is 1. The van der Waals surface area contributed by atoms with E-state index in [0.717, 1.165) is 12.3 Å². The maximum absolute atomic E-state index is 9.51. The zero-order valence-corrected chi connectivity index (χ0v) is 9.42. The third-order valence-electron chi connectivity index (χ3n) is 3.20. The summed E-state index contributed by atoms with van der Waals surface area (Å²) in [4.78, 5) is 0. The molecule has 0 heterocycles. The molecule has 0 saturated heterocycles. The molecule has 0 aromatic heterocycles. The van der Waals surface area contributed by atoms with Crippen LogP contribution in [0.5, 0.6) is 0 Å². The van der Waals surface area contributed by atoms with Crippen LogP contribution in [0, 0.1) is 5.92 Å².